The zero-order valence-corrected chi connectivity index (χ0v) is 7.46. The third-order valence-electron chi connectivity index (χ3n) is 1.74. The molecule has 2 aromatic heterocycles. The summed E-state index contributed by atoms with van der Waals surface area (Å²) in [6.07, 6.45) is 5.03. The van der Waals surface area contributed by atoms with Crippen LogP contribution >= 0.6 is 0 Å². The third kappa shape index (κ3) is 1.55. The van der Waals surface area contributed by atoms with Gasteiger partial charge in [-0.25, -0.2) is 9.67 Å². The Morgan fingerprint density at radius 3 is 2.93 bits per heavy atom. The molecule has 0 spiro atoms. The van der Waals surface area contributed by atoms with Crippen molar-refractivity contribution in [2.75, 3.05) is 5.73 Å². The fourth-order valence-corrected chi connectivity index (χ4v) is 1.05. The molecule has 0 aliphatic carbocycles. The van der Waals surface area contributed by atoms with Crippen LogP contribution in [0.15, 0.2) is 24.7 Å². The van der Waals surface area contributed by atoms with E-state index in [-0.39, 0.29) is 0 Å². The molecule has 0 saturated heterocycles. The molecule has 0 fully saturated rings. The molecule has 0 aliphatic rings. The summed E-state index contributed by atoms with van der Waals surface area (Å²) in [5, 5.41) is 4.05. The summed E-state index contributed by atoms with van der Waals surface area (Å²) in [5.41, 5.74) is 11.9. The van der Waals surface area contributed by atoms with E-state index >= 15 is 0 Å². The van der Waals surface area contributed by atoms with Crippen molar-refractivity contribution in [1.29, 1.82) is 0 Å². The van der Waals surface area contributed by atoms with Crippen molar-refractivity contribution in [3.05, 3.63) is 30.2 Å². The van der Waals surface area contributed by atoms with Gasteiger partial charge in [0.1, 0.15) is 5.82 Å². The Bertz CT molecular complexity index is 435. The molecule has 0 amide bonds. The highest BCUT2D eigenvalue weighted by Crippen LogP contribution is 2.03. The number of anilines is 1. The summed E-state index contributed by atoms with van der Waals surface area (Å²) < 4.78 is 1.54. The molecule has 6 heteroatoms. The number of nitrogen functional groups attached to an aromatic ring is 1. The lowest BCUT2D eigenvalue weighted by Gasteiger charge is -1.98. The maximum atomic E-state index is 5.52. The van der Waals surface area contributed by atoms with Gasteiger partial charge in [-0.2, -0.15) is 10.1 Å². The minimum absolute atomic E-state index is 0.416. The van der Waals surface area contributed by atoms with E-state index in [4.69, 9.17) is 11.5 Å². The lowest BCUT2D eigenvalue weighted by molar-refractivity contribution is 0.809. The van der Waals surface area contributed by atoms with Gasteiger partial charge in [-0.05, 0) is 6.07 Å². The van der Waals surface area contributed by atoms with Crippen molar-refractivity contribution in [2.45, 2.75) is 6.54 Å². The van der Waals surface area contributed by atoms with E-state index in [9.17, 15) is 0 Å². The molecule has 0 aliphatic heterocycles. The molecule has 0 radical (unpaired) electrons. The predicted molar refractivity (Wildman–Crippen MR) is 51.5 cm³/mol. The van der Waals surface area contributed by atoms with Gasteiger partial charge in [0, 0.05) is 24.5 Å². The van der Waals surface area contributed by atoms with Crippen LogP contribution in [-0.4, -0.2) is 19.7 Å². The Balaban J connectivity index is 2.39. The van der Waals surface area contributed by atoms with Gasteiger partial charge in [0.2, 0.25) is 0 Å². The van der Waals surface area contributed by atoms with Crippen molar-refractivity contribution in [2.24, 2.45) is 5.73 Å². The Kier molecular flexibility index (Phi) is 2.11. The minimum Gasteiger partial charge on any atom is -0.384 e. The van der Waals surface area contributed by atoms with Crippen molar-refractivity contribution in [1.82, 2.24) is 19.7 Å². The highest BCUT2D eigenvalue weighted by Gasteiger charge is 2.01. The smallest absolute Gasteiger partial charge is 0.252 e. The summed E-state index contributed by atoms with van der Waals surface area (Å²) in [4.78, 5) is 8.04. The molecule has 0 saturated carbocycles. The van der Waals surface area contributed by atoms with Crippen LogP contribution in [0.3, 0.4) is 0 Å². The van der Waals surface area contributed by atoms with E-state index in [2.05, 4.69) is 15.1 Å². The average molecular weight is 190 g/mol. The third-order valence-corrected chi connectivity index (χ3v) is 1.74. The molecule has 0 atom stereocenters. The molecule has 72 valence electrons. The molecule has 14 heavy (non-hydrogen) atoms. The molecule has 2 rings (SSSR count). The number of nitrogens with two attached hydrogens (primary N) is 2. The van der Waals surface area contributed by atoms with Crippen LogP contribution in [0.1, 0.15) is 5.56 Å². The second-order valence-electron chi connectivity index (χ2n) is 2.78. The van der Waals surface area contributed by atoms with Gasteiger partial charge in [0.05, 0.1) is 6.20 Å². The zero-order valence-electron chi connectivity index (χ0n) is 7.46. The second-order valence-corrected chi connectivity index (χ2v) is 2.78. The van der Waals surface area contributed by atoms with Gasteiger partial charge in [-0.3, -0.25) is 0 Å². The first-order valence-corrected chi connectivity index (χ1v) is 4.12. The molecule has 0 aromatic carbocycles. The van der Waals surface area contributed by atoms with Crippen LogP contribution in [0.5, 0.6) is 0 Å². The molecule has 2 aromatic rings. The van der Waals surface area contributed by atoms with Crippen LogP contribution in [0.4, 0.5) is 5.82 Å². The van der Waals surface area contributed by atoms with Crippen molar-refractivity contribution < 1.29 is 0 Å². The van der Waals surface area contributed by atoms with Gasteiger partial charge in [0.15, 0.2) is 0 Å². The highest BCUT2D eigenvalue weighted by atomic mass is 15.3. The Labute approximate surface area is 80.6 Å². The van der Waals surface area contributed by atoms with E-state index in [1.807, 2.05) is 0 Å². The average Bonchev–Trinajstić information content (AvgIpc) is 2.66. The maximum absolute atomic E-state index is 5.52. The van der Waals surface area contributed by atoms with Gasteiger partial charge in [-0.15, -0.1) is 0 Å². The van der Waals surface area contributed by atoms with Gasteiger partial charge in [-0.1, -0.05) is 0 Å². The summed E-state index contributed by atoms with van der Waals surface area (Å²) in [7, 11) is 0. The van der Waals surface area contributed by atoms with Crippen LogP contribution in [-0.2, 0) is 6.54 Å². The fourth-order valence-electron chi connectivity index (χ4n) is 1.05. The molecular formula is C8H10N6. The first kappa shape index (κ1) is 8.64. The van der Waals surface area contributed by atoms with E-state index in [0.717, 1.165) is 5.56 Å². The summed E-state index contributed by atoms with van der Waals surface area (Å²) in [5.74, 6) is 0.865. The maximum Gasteiger partial charge on any atom is 0.252 e. The number of hydrogen-bond acceptors (Lipinski definition) is 5. The topological polar surface area (TPSA) is 95.6 Å². The van der Waals surface area contributed by atoms with Gasteiger partial charge < -0.3 is 11.5 Å². The lowest BCUT2D eigenvalue weighted by Crippen LogP contribution is -2.03. The van der Waals surface area contributed by atoms with Crippen molar-refractivity contribution >= 4 is 5.82 Å². The number of nitrogens with zero attached hydrogens (tertiary/aromatic N) is 4. The standard InChI is InChI=1S/C8H10N6/c9-3-6-4-12-14(5-6)8-11-2-1-7(10)13-8/h1-2,4-5H,3,9H2,(H2,10,11,13). The minimum atomic E-state index is 0.416. The second kappa shape index (κ2) is 3.43. The van der Waals surface area contributed by atoms with E-state index in [1.165, 1.54) is 0 Å². The molecule has 0 unspecified atom stereocenters. The largest absolute Gasteiger partial charge is 0.384 e. The van der Waals surface area contributed by atoms with Gasteiger partial charge >= 0.3 is 0 Å². The number of aromatic nitrogens is 4. The first-order chi connectivity index (χ1) is 6.79. The predicted octanol–water partition coefficient (Wildman–Crippen LogP) is -0.297. The number of hydrogen-bond donors (Lipinski definition) is 2. The molecule has 2 heterocycles. The highest BCUT2D eigenvalue weighted by molar-refractivity contribution is 5.29. The first-order valence-electron chi connectivity index (χ1n) is 4.12. The quantitative estimate of drug-likeness (QED) is 0.678. The molecule has 4 N–H and O–H groups in total. The summed E-state index contributed by atoms with van der Waals surface area (Å²) in [6, 6.07) is 1.62. The zero-order chi connectivity index (χ0) is 9.97. The van der Waals surface area contributed by atoms with E-state index in [1.54, 1.807) is 29.3 Å². The molecule has 6 nitrogen and oxygen atoms in total. The van der Waals surface area contributed by atoms with Crippen molar-refractivity contribution in [3.8, 4) is 5.95 Å². The number of rotatable bonds is 2. The lowest BCUT2D eigenvalue weighted by atomic mass is 10.4. The fraction of sp³-hybridized carbons (Fsp3) is 0.125. The monoisotopic (exact) mass is 190 g/mol. The summed E-state index contributed by atoms with van der Waals surface area (Å²) in [6.45, 7) is 0.447. The van der Waals surface area contributed by atoms with Gasteiger partial charge in [0.25, 0.3) is 5.95 Å². The Morgan fingerprint density at radius 2 is 2.29 bits per heavy atom. The van der Waals surface area contributed by atoms with Crippen LogP contribution in [0.25, 0.3) is 5.95 Å². The molecular weight excluding hydrogens is 180 g/mol. The van der Waals surface area contributed by atoms with E-state index < -0.39 is 0 Å². The van der Waals surface area contributed by atoms with E-state index in [0.29, 0.717) is 18.3 Å². The normalized spacial score (nSPS) is 10.4. The van der Waals surface area contributed by atoms with Crippen LogP contribution in [0, 0.1) is 0 Å². The molecule has 0 bridgehead atoms. The van der Waals surface area contributed by atoms with Crippen molar-refractivity contribution in [3.63, 3.8) is 0 Å². The SMILES string of the molecule is NCc1cnn(-c2nccc(N)n2)c1. The van der Waals surface area contributed by atoms with Crippen LogP contribution in [0.2, 0.25) is 0 Å². The Morgan fingerprint density at radius 1 is 1.43 bits per heavy atom. The summed E-state index contributed by atoms with van der Waals surface area (Å²) >= 11 is 0. The Hall–Kier alpha value is -1.95. The van der Waals surface area contributed by atoms with Crippen LogP contribution < -0.4 is 11.5 Å².